The number of amides is 2. The molecule has 4 aromatic rings. The van der Waals surface area contributed by atoms with E-state index < -0.39 is 0 Å². The summed E-state index contributed by atoms with van der Waals surface area (Å²) in [4.78, 5) is 25.6. The maximum absolute atomic E-state index is 12.9. The number of halogens is 2. The zero-order valence-electron chi connectivity index (χ0n) is 21.3. The van der Waals surface area contributed by atoms with Gasteiger partial charge in [0, 0.05) is 17.3 Å². The van der Waals surface area contributed by atoms with Gasteiger partial charge in [-0.2, -0.15) is 0 Å². The van der Waals surface area contributed by atoms with Crippen LogP contribution in [0.5, 0.6) is 11.5 Å². The summed E-state index contributed by atoms with van der Waals surface area (Å²) in [5, 5.41) is 15.4. The number of anilines is 1. The van der Waals surface area contributed by atoms with Crippen molar-refractivity contribution in [2.24, 2.45) is 0 Å². The number of nitrogens with one attached hydrogen (secondary N) is 2. The molecule has 1 aromatic heterocycles. The highest BCUT2D eigenvalue weighted by atomic mass is 35.5. The molecular weight excluding hydrogens is 561 g/mol. The third-order valence-electron chi connectivity index (χ3n) is 5.52. The Hall–Kier alpha value is -3.73. The fourth-order valence-corrected chi connectivity index (χ4v) is 4.70. The third-order valence-corrected chi connectivity index (χ3v) is 7.18. The monoisotopic (exact) mass is 585 g/mol. The van der Waals surface area contributed by atoms with Crippen molar-refractivity contribution in [3.8, 4) is 17.2 Å². The van der Waals surface area contributed by atoms with Crippen molar-refractivity contribution < 1.29 is 19.1 Å². The topological polar surface area (TPSA) is 107 Å². The molecule has 0 saturated carbocycles. The lowest BCUT2D eigenvalue weighted by Gasteiger charge is -2.13. The maximum atomic E-state index is 12.9. The van der Waals surface area contributed by atoms with E-state index >= 15 is 0 Å². The van der Waals surface area contributed by atoms with E-state index in [1.165, 1.54) is 26.0 Å². The van der Waals surface area contributed by atoms with Crippen LogP contribution < -0.4 is 20.1 Å². The van der Waals surface area contributed by atoms with Gasteiger partial charge in [-0.05, 0) is 55.0 Å². The summed E-state index contributed by atoms with van der Waals surface area (Å²) in [5.74, 6) is 0.933. The standard InChI is InChI=1S/C27H25Cl2N5O4S/c1-16-5-4-6-18(9-16)31-25(35)15-39-27-33-32-24(34(27)19-7-8-22(28)23(29)12-19)14-30-26(36)17-10-20(37-2)13-21(11-17)38-3/h4-13H,14-15H2,1-3H3,(H,30,36)(H,31,35). The molecule has 2 N–H and O–H groups in total. The number of hydrogen-bond donors (Lipinski definition) is 2. The molecule has 0 radical (unpaired) electrons. The van der Waals surface area contributed by atoms with E-state index in [9.17, 15) is 9.59 Å². The predicted molar refractivity (Wildman–Crippen MR) is 153 cm³/mol. The number of rotatable bonds is 10. The number of thioether (sulfide) groups is 1. The fraction of sp³-hybridized carbons (Fsp3) is 0.185. The number of aromatic nitrogens is 3. The highest BCUT2D eigenvalue weighted by Crippen LogP contribution is 2.29. The molecule has 0 atom stereocenters. The van der Waals surface area contributed by atoms with Gasteiger partial charge in [-0.1, -0.05) is 47.1 Å². The molecule has 2 amide bonds. The summed E-state index contributed by atoms with van der Waals surface area (Å²) in [5.41, 5.74) is 2.74. The first-order valence-electron chi connectivity index (χ1n) is 11.7. The first kappa shape index (κ1) is 28.3. The summed E-state index contributed by atoms with van der Waals surface area (Å²) in [6.45, 7) is 2.00. The molecule has 0 saturated heterocycles. The Kier molecular flexibility index (Phi) is 9.34. The van der Waals surface area contributed by atoms with E-state index in [-0.39, 0.29) is 24.1 Å². The summed E-state index contributed by atoms with van der Waals surface area (Å²) in [6.07, 6.45) is 0. The predicted octanol–water partition coefficient (Wildman–Crippen LogP) is 5.56. The number of carbonyl (C=O) groups is 2. The Morgan fingerprint density at radius 3 is 2.36 bits per heavy atom. The minimum absolute atomic E-state index is 0.0433. The maximum Gasteiger partial charge on any atom is 0.251 e. The molecule has 3 aromatic carbocycles. The minimum Gasteiger partial charge on any atom is -0.497 e. The van der Waals surface area contributed by atoms with Gasteiger partial charge in [0.25, 0.3) is 5.91 Å². The van der Waals surface area contributed by atoms with Crippen molar-refractivity contribution in [1.29, 1.82) is 0 Å². The second-order valence-corrected chi connectivity index (χ2v) is 10.1. The average molecular weight is 587 g/mol. The number of methoxy groups -OCH3 is 2. The van der Waals surface area contributed by atoms with Gasteiger partial charge in [-0.25, -0.2) is 0 Å². The minimum atomic E-state index is -0.359. The van der Waals surface area contributed by atoms with Crippen LogP contribution in [0, 0.1) is 6.92 Å². The first-order valence-corrected chi connectivity index (χ1v) is 13.4. The molecule has 1 heterocycles. The quantitative estimate of drug-likeness (QED) is 0.234. The molecule has 0 unspecified atom stereocenters. The van der Waals surface area contributed by atoms with Gasteiger partial charge in [-0.15, -0.1) is 10.2 Å². The number of ether oxygens (including phenoxy) is 2. The Morgan fingerprint density at radius 1 is 0.949 bits per heavy atom. The van der Waals surface area contributed by atoms with Gasteiger partial charge in [-0.3, -0.25) is 14.2 Å². The molecule has 39 heavy (non-hydrogen) atoms. The highest BCUT2D eigenvalue weighted by molar-refractivity contribution is 7.99. The van der Waals surface area contributed by atoms with Crippen molar-refractivity contribution in [2.75, 3.05) is 25.3 Å². The van der Waals surface area contributed by atoms with E-state index in [4.69, 9.17) is 32.7 Å². The van der Waals surface area contributed by atoms with Crippen molar-refractivity contribution in [2.45, 2.75) is 18.6 Å². The van der Waals surface area contributed by atoms with E-state index in [1.54, 1.807) is 41.0 Å². The van der Waals surface area contributed by atoms with Crippen molar-refractivity contribution >= 4 is 52.5 Å². The smallest absolute Gasteiger partial charge is 0.251 e. The molecule has 9 nitrogen and oxygen atoms in total. The van der Waals surface area contributed by atoms with Gasteiger partial charge in [0.1, 0.15) is 11.5 Å². The lowest BCUT2D eigenvalue weighted by atomic mass is 10.2. The van der Waals surface area contributed by atoms with Crippen LogP contribution in [-0.4, -0.2) is 46.6 Å². The lowest BCUT2D eigenvalue weighted by Crippen LogP contribution is -2.24. The summed E-state index contributed by atoms with van der Waals surface area (Å²) < 4.78 is 12.2. The van der Waals surface area contributed by atoms with Crippen LogP contribution in [0.15, 0.2) is 65.8 Å². The van der Waals surface area contributed by atoms with Gasteiger partial charge >= 0.3 is 0 Å². The molecule has 0 aliphatic heterocycles. The number of aryl methyl sites for hydroxylation is 1. The normalized spacial score (nSPS) is 10.7. The summed E-state index contributed by atoms with van der Waals surface area (Å²) >= 11 is 13.6. The Bertz CT molecular complexity index is 1490. The Balaban J connectivity index is 1.54. The van der Waals surface area contributed by atoms with E-state index in [2.05, 4.69) is 20.8 Å². The van der Waals surface area contributed by atoms with Gasteiger partial charge in [0.05, 0.1) is 42.2 Å². The molecule has 0 aliphatic carbocycles. The van der Waals surface area contributed by atoms with Crippen LogP contribution in [0.3, 0.4) is 0 Å². The molecule has 0 fully saturated rings. The number of benzene rings is 3. The molecule has 4 rings (SSSR count). The largest absolute Gasteiger partial charge is 0.497 e. The van der Waals surface area contributed by atoms with Crippen LogP contribution in [0.25, 0.3) is 5.69 Å². The Morgan fingerprint density at radius 2 is 1.69 bits per heavy atom. The van der Waals surface area contributed by atoms with Crippen molar-refractivity contribution in [1.82, 2.24) is 20.1 Å². The summed E-state index contributed by atoms with van der Waals surface area (Å²) in [6, 6.07) is 17.5. The molecular formula is C27H25Cl2N5O4S. The van der Waals surface area contributed by atoms with E-state index in [0.717, 1.165) is 5.56 Å². The number of nitrogens with zero attached hydrogens (tertiary/aromatic N) is 3. The van der Waals surface area contributed by atoms with Crippen molar-refractivity contribution in [3.05, 3.63) is 87.7 Å². The second kappa shape index (κ2) is 12.9. The van der Waals surface area contributed by atoms with Gasteiger partial charge in [0.15, 0.2) is 11.0 Å². The fourth-order valence-electron chi connectivity index (χ4n) is 3.64. The first-order chi connectivity index (χ1) is 18.8. The van der Waals surface area contributed by atoms with Crippen molar-refractivity contribution in [3.63, 3.8) is 0 Å². The number of carbonyl (C=O) groups excluding carboxylic acids is 2. The SMILES string of the molecule is COc1cc(OC)cc(C(=O)NCc2nnc(SCC(=O)Nc3cccc(C)c3)n2-c2ccc(Cl)c(Cl)c2)c1. The number of hydrogen-bond acceptors (Lipinski definition) is 7. The molecule has 12 heteroatoms. The zero-order chi connectivity index (χ0) is 27.9. The lowest BCUT2D eigenvalue weighted by molar-refractivity contribution is -0.113. The van der Waals surface area contributed by atoms with Crippen LogP contribution in [0.1, 0.15) is 21.7 Å². The van der Waals surface area contributed by atoms with Gasteiger partial charge < -0.3 is 20.1 Å². The van der Waals surface area contributed by atoms with Gasteiger partial charge in [0.2, 0.25) is 5.91 Å². The molecule has 202 valence electrons. The summed E-state index contributed by atoms with van der Waals surface area (Å²) in [7, 11) is 3.02. The van der Waals surface area contributed by atoms with E-state index in [0.29, 0.717) is 49.5 Å². The second-order valence-electron chi connectivity index (χ2n) is 8.32. The van der Waals surface area contributed by atoms with Crippen LogP contribution in [0.2, 0.25) is 10.0 Å². The van der Waals surface area contributed by atoms with Crippen LogP contribution >= 0.6 is 35.0 Å². The zero-order valence-corrected chi connectivity index (χ0v) is 23.7. The average Bonchev–Trinajstić information content (AvgIpc) is 3.34. The molecule has 0 aliphatic rings. The van der Waals surface area contributed by atoms with Crippen LogP contribution in [0.4, 0.5) is 5.69 Å². The highest BCUT2D eigenvalue weighted by Gasteiger charge is 2.18. The third kappa shape index (κ3) is 7.23. The molecule has 0 spiro atoms. The van der Waals surface area contributed by atoms with Crippen LogP contribution in [-0.2, 0) is 11.3 Å². The molecule has 0 bridgehead atoms. The van der Waals surface area contributed by atoms with E-state index in [1.807, 2.05) is 31.2 Å². The Labute approximate surface area is 239 Å².